The number of alkyl halides is 2. The highest BCUT2D eigenvalue weighted by Crippen LogP contribution is 2.28. The van der Waals surface area contributed by atoms with Crippen LogP contribution in [0.25, 0.3) is 0 Å². The molecule has 120 valence electrons. The fourth-order valence-corrected chi connectivity index (χ4v) is 2.31. The minimum absolute atomic E-state index is 0.00303. The number of carboxylic acid groups (broad SMARTS) is 1. The van der Waals surface area contributed by atoms with Crippen molar-refractivity contribution >= 4 is 17.6 Å². The number of anilines is 1. The summed E-state index contributed by atoms with van der Waals surface area (Å²) in [4.78, 5) is 22.9. The average molecular weight is 317 g/mol. The third-order valence-electron chi connectivity index (χ3n) is 3.45. The Morgan fingerprint density at radius 1 is 1.41 bits per heavy atom. The Morgan fingerprint density at radius 2 is 2.09 bits per heavy atom. The highest BCUT2D eigenvalue weighted by molar-refractivity contribution is 5.94. The number of amides is 1. The van der Waals surface area contributed by atoms with E-state index in [9.17, 15) is 22.8 Å². The average Bonchev–Trinajstić information content (AvgIpc) is 2.83. The van der Waals surface area contributed by atoms with Gasteiger partial charge in [-0.2, -0.15) is 0 Å². The summed E-state index contributed by atoms with van der Waals surface area (Å²) in [6.45, 7) is 1.64. The van der Waals surface area contributed by atoms with Gasteiger partial charge < -0.3 is 15.2 Å². The zero-order chi connectivity index (χ0) is 16.4. The normalized spacial score (nSPS) is 24.5. The molecule has 0 unspecified atom stereocenters. The number of halogens is 3. The Balaban J connectivity index is 2.07. The van der Waals surface area contributed by atoms with Gasteiger partial charge in [0.2, 0.25) is 0 Å². The maximum atomic E-state index is 13.2. The molecule has 2 N–H and O–H groups in total. The van der Waals surface area contributed by atoms with Crippen molar-refractivity contribution in [3.05, 3.63) is 29.6 Å². The lowest BCUT2D eigenvalue weighted by Gasteiger charge is -2.13. The van der Waals surface area contributed by atoms with Crippen molar-refractivity contribution in [3.8, 4) is 0 Å². The molecule has 1 aliphatic heterocycles. The van der Waals surface area contributed by atoms with Crippen LogP contribution in [-0.4, -0.2) is 29.2 Å². The molecule has 5 nitrogen and oxygen atoms in total. The fraction of sp³-hybridized carbons (Fsp3) is 0.429. The molecule has 0 aliphatic carbocycles. The van der Waals surface area contributed by atoms with Crippen LogP contribution in [-0.2, 0) is 14.3 Å². The molecule has 2 rings (SSSR count). The summed E-state index contributed by atoms with van der Waals surface area (Å²) in [5.41, 5.74) is -0.821. The van der Waals surface area contributed by atoms with Crippen molar-refractivity contribution in [2.45, 2.75) is 32.0 Å². The van der Waals surface area contributed by atoms with Gasteiger partial charge in [-0.3, -0.25) is 4.79 Å². The Kier molecular flexibility index (Phi) is 4.70. The summed E-state index contributed by atoms with van der Waals surface area (Å²) >= 11 is 0. The van der Waals surface area contributed by atoms with Gasteiger partial charge in [-0.15, -0.1) is 0 Å². The molecule has 1 aromatic carbocycles. The van der Waals surface area contributed by atoms with E-state index in [2.05, 4.69) is 5.32 Å². The Labute approximate surface area is 124 Å². The van der Waals surface area contributed by atoms with Crippen molar-refractivity contribution in [1.82, 2.24) is 0 Å². The van der Waals surface area contributed by atoms with Crippen molar-refractivity contribution in [2.75, 3.05) is 5.32 Å². The first-order valence-electron chi connectivity index (χ1n) is 6.56. The summed E-state index contributed by atoms with van der Waals surface area (Å²) in [5, 5.41) is 11.2. The van der Waals surface area contributed by atoms with E-state index in [1.54, 1.807) is 6.92 Å². The van der Waals surface area contributed by atoms with Crippen LogP contribution in [0.15, 0.2) is 18.2 Å². The topological polar surface area (TPSA) is 75.6 Å². The second-order valence-electron chi connectivity index (χ2n) is 5.12. The largest absolute Gasteiger partial charge is 0.479 e. The summed E-state index contributed by atoms with van der Waals surface area (Å²) in [6.07, 6.45) is -4.88. The number of benzene rings is 1. The van der Waals surface area contributed by atoms with Gasteiger partial charge in [0.25, 0.3) is 12.3 Å². The van der Waals surface area contributed by atoms with E-state index in [4.69, 9.17) is 9.84 Å². The molecular formula is C14H14F3NO4. The van der Waals surface area contributed by atoms with Crippen molar-refractivity contribution in [1.29, 1.82) is 0 Å². The van der Waals surface area contributed by atoms with Crippen LogP contribution in [0.4, 0.5) is 18.9 Å². The molecule has 0 aromatic heterocycles. The zero-order valence-electron chi connectivity index (χ0n) is 11.6. The first-order chi connectivity index (χ1) is 10.3. The predicted molar refractivity (Wildman–Crippen MR) is 70.1 cm³/mol. The first kappa shape index (κ1) is 16.3. The molecule has 0 radical (unpaired) electrons. The van der Waals surface area contributed by atoms with Crippen LogP contribution in [0.2, 0.25) is 0 Å². The third-order valence-corrected chi connectivity index (χ3v) is 3.45. The molecule has 22 heavy (non-hydrogen) atoms. The van der Waals surface area contributed by atoms with Crippen LogP contribution in [0.5, 0.6) is 0 Å². The van der Waals surface area contributed by atoms with Crippen LogP contribution in [0, 0.1) is 11.7 Å². The van der Waals surface area contributed by atoms with Crippen molar-refractivity contribution in [2.24, 2.45) is 5.92 Å². The van der Waals surface area contributed by atoms with Gasteiger partial charge in [0.15, 0.2) is 6.10 Å². The molecule has 8 heteroatoms. The molecule has 3 atom stereocenters. The number of carbonyl (C=O) groups is 2. The lowest BCUT2D eigenvalue weighted by atomic mass is 10.0. The monoisotopic (exact) mass is 317 g/mol. The van der Waals surface area contributed by atoms with E-state index in [0.717, 1.165) is 18.2 Å². The quantitative estimate of drug-likeness (QED) is 0.895. The maximum absolute atomic E-state index is 13.2. The summed E-state index contributed by atoms with van der Waals surface area (Å²) in [7, 11) is 0. The number of rotatable bonds is 4. The minimum atomic E-state index is -3.00. The highest BCUT2D eigenvalue weighted by atomic mass is 19.3. The summed E-state index contributed by atoms with van der Waals surface area (Å²) in [6, 6.07) is 2.81. The van der Waals surface area contributed by atoms with Crippen LogP contribution in [0.1, 0.15) is 25.3 Å². The number of carboxylic acids is 1. The molecule has 0 spiro atoms. The van der Waals surface area contributed by atoms with E-state index in [0.29, 0.717) is 0 Å². The number of nitrogens with one attached hydrogen (secondary N) is 1. The maximum Gasteiger partial charge on any atom is 0.333 e. The van der Waals surface area contributed by atoms with E-state index in [1.807, 2.05) is 0 Å². The number of hydrogen-bond acceptors (Lipinski definition) is 3. The lowest BCUT2D eigenvalue weighted by Crippen LogP contribution is -2.30. The molecule has 0 bridgehead atoms. The van der Waals surface area contributed by atoms with Crippen molar-refractivity contribution in [3.63, 3.8) is 0 Å². The highest BCUT2D eigenvalue weighted by Gasteiger charge is 2.40. The standard InChI is InChI=1S/C14H14F3NO4/c1-6-4-10(22-11(6)14(20)21)13(19)18-7-2-3-9(15)8(5-7)12(16)17/h2-3,5-6,10-12H,4H2,1H3,(H,18,19)(H,20,21)/t6-,10-,11-/m1/s1. The molecule has 1 amide bonds. The van der Waals surface area contributed by atoms with E-state index in [1.165, 1.54) is 0 Å². The molecule has 1 heterocycles. The number of hydrogen-bond donors (Lipinski definition) is 2. The van der Waals surface area contributed by atoms with Crippen molar-refractivity contribution < 1.29 is 32.6 Å². The van der Waals surface area contributed by atoms with Gasteiger partial charge in [-0.1, -0.05) is 6.92 Å². The summed E-state index contributed by atoms with van der Waals surface area (Å²) < 4.78 is 43.5. The van der Waals surface area contributed by atoms with Gasteiger partial charge in [-0.25, -0.2) is 18.0 Å². The van der Waals surface area contributed by atoms with E-state index < -0.39 is 41.9 Å². The molecule has 0 saturated carbocycles. The van der Waals surface area contributed by atoms with Crippen LogP contribution < -0.4 is 5.32 Å². The van der Waals surface area contributed by atoms with Crippen LogP contribution in [0.3, 0.4) is 0 Å². The SMILES string of the molecule is C[C@@H]1C[C@H](C(=O)Nc2ccc(F)c(C(F)F)c2)O[C@H]1C(=O)O. The number of ether oxygens (including phenoxy) is 1. The van der Waals surface area contributed by atoms with Gasteiger partial charge >= 0.3 is 5.97 Å². The molecule has 1 fully saturated rings. The van der Waals surface area contributed by atoms with Crippen LogP contribution >= 0.6 is 0 Å². The van der Waals surface area contributed by atoms with Gasteiger partial charge in [-0.05, 0) is 30.5 Å². The molecular weight excluding hydrogens is 303 g/mol. The van der Waals surface area contributed by atoms with Gasteiger partial charge in [0.05, 0.1) is 5.56 Å². The fourth-order valence-electron chi connectivity index (χ4n) is 2.31. The summed E-state index contributed by atoms with van der Waals surface area (Å²) in [5.74, 6) is -3.23. The third kappa shape index (κ3) is 3.38. The van der Waals surface area contributed by atoms with Gasteiger partial charge in [0.1, 0.15) is 11.9 Å². The predicted octanol–water partition coefficient (Wildman–Crippen LogP) is 2.58. The van der Waals surface area contributed by atoms with E-state index in [-0.39, 0.29) is 18.0 Å². The molecule has 1 aromatic rings. The number of aliphatic carboxylic acids is 1. The first-order valence-corrected chi connectivity index (χ1v) is 6.56. The Bertz CT molecular complexity index is 593. The Hall–Kier alpha value is -2.09. The lowest BCUT2D eigenvalue weighted by molar-refractivity contribution is -0.152. The van der Waals surface area contributed by atoms with Gasteiger partial charge in [0, 0.05) is 5.69 Å². The minimum Gasteiger partial charge on any atom is -0.479 e. The zero-order valence-corrected chi connectivity index (χ0v) is 11.6. The molecule has 1 aliphatic rings. The van der Waals surface area contributed by atoms with E-state index >= 15 is 0 Å². The smallest absolute Gasteiger partial charge is 0.333 e. The second-order valence-corrected chi connectivity index (χ2v) is 5.12. The molecule has 1 saturated heterocycles. The Morgan fingerprint density at radius 3 is 2.64 bits per heavy atom. The number of carbonyl (C=O) groups excluding carboxylic acids is 1. The second kappa shape index (κ2) is 6.35.